The van der Waals surface area contributed by atoms with Crippen molar-refractivity contribution in [1.82, 2.24) is 9.55 Å². The van der Waals surface area contributed by atoms with Gasteiger partial charge in [0, 0.05) is 26.3 Å². The molecule has 4 aromatic rings. The molecule has 0 amide bonds. The number of benzene rings is 1. The second-order valence-electron chi connectivity index (χ2n) is 6.19. The van der Waals surface area contributed by atoms with Crippen LogP contribution in [0.1, 0.15) is 15.2 Å². The summed E-state index contributed by atoms with van der Waals surface area (Å²) in [5.41, 5.74) is 1.06. The number of aryl methyl sites for hydroxylation is 1. The molecule has 0 bridgehead atoms. The normalized spacial score (nSPS) is 11.1. The number of carbonyl (C=O) groups excluding carboxylic acids is 1. The molecule has 0 fully saturated rings. The minimum Gasteiger partial charge on any atom is -0.495 e. The van der Waals surface area contributed by atoms with Crippen molar-refractivity contribution in [3.05, 3.63) is 67.9 Å². The molecule has 3 aromatic heterocycles. The predicted molar refractivity (Wildman–Crippen MR) is 114 cm³/mol. The molecule has 0 saturated heterocycles. The van der Waals surface area contributed by atoms with E-state index in [9.17, 15) is 9.59 Å². The smallest absolute Gasteiger partial charge is 0.263 e. The van der Waals surface area contributed by atoms with Crippen molar-refractivity contribution < 1.29 is 9.53 Å². The number of aromatic nitrogens is 2. The first-order chi connectivity index (χ1) is 13.5. The third kappa shape index (κ3) is 3.37. The molecule has 0 radical (unpaired) electrons. The van der Waals surface area contributed by atoms with Crippen LogP contribution in [-0.4, -0.2) is 22.4 Å². The maximum Gasteiger partial charge on any atom is 0.263 e. The average Bonchev–Trinajstić information content (AvgIpc) is 3.30. The Morgan fingerprint density at radius 1 is 1.29 bits per heavy atom. The van der Waals surface area contributed by atoms with Crippen LogP contribution < -0.4 is 10.3 Å². The van der Waals surface area contributed by atoms with E-state index in [2.05, 4.69) is 4.98 Å². The van der Waals surface area contributed by atoms with E-state index in [4.69, 9.17) is 16.3 Å². The number of ketones is 1. The summed E-state index contributed by atoms with van der Waals surface area (Å²) in [6.45, 7) is 1.92. The van der Waals surface area contributed by atoms with Gasteiger partial charge < -0.3 is 4.74 Å². The Balaban J connectivity index is 1.71. The van der Waals surface area contributed by atoms with Crippen LogP contribution in [0.3, 0.4) is 0 Å². The predicted octanol–water partition coefficient (Wildman–Crippen LogP) is 5.04. The quantitative estimate of drug-likeness (QED) is 0.416. The molecule has 28 heavy (non-hydrogen) atoms. The standard InChI is InChI=1S/C20H15ClN2O3S2/c1-11-3-6-17(28-11)13-9-27-19-18(13)20(25)23(10-22-19)8-15(24)12-4-5-16(26-2)14(21)7-12/h3-7,9-10H,8H2,1-2H3. The van der Waals surface area contributed by atoms with Crippen LogP contribution in [0.2, 0.25) is 5.02 Å². The molecular weight excluding hydrogens is 416 g/mol. The maximum atomic E-state index is 13.1. The third-order valence-corrected chi connectivity index (χ3v) is 6.57. The van der Waals surface area contributed by atoms with E-state index in [-0.39, 0.29) is 17.9 Å². The lowest BCUT2D eigenvalue weighted by molar-refractivity contribution is 0.0970. The SMILES string of the molecule is COc1ccc(C(=O)Cn2cnc3scc(-c4ccc(C)s4)c3c2=O)cc1Cl. The second-order valence-corrected chi connectivity index (χ2v) is 8.74. The number of ether oxygens (including phenoxy) is 1. The summed E-state index contributed by atoms with van der Waals surface area (Å²) in [6, 6.07) is 8.84. The molecule has 0 spiro atoms. The molecule has 0 unspecified atom stereocenters. The van der Waals surface area contributed by atoms with Crippen molar-refractivity contribution in [3.8, 4) is 16.2 Å². The summed E-state index contributed by atoms with van der Waals surface area (Å²) < 4.78 is 6.45. The largest absolute Gasteiger partial charge is 0.495 e. The maximum absolute atomic E-state index is 13.1. The fraction of sp³-hybridized carbons (Fsp3) is 0.150. The molecule has 0 aliphatic rings. The van der Waals surface area contributed by atoms with Crippen molar-refractivity contribution in [2.24, 2.45) is 0 Å². The number of rotatable bonds is 5. The van der Waals surface area contributed by atoms with Gasteiger partial charge in [-0.25, -0.2) is 4.98 Å². The highest BCUT2D eigenvalue weighted by atomic mass is 35.5. The first-order valence-electron chi connectivity index (χ1n) is 8.38. The highest BCUT2D eigenvalue weighted by Crippen LogP contribution is 2.35. The zero-order valence-electron chi connectivity index (χ0n) is 15.1. The van der Waals surface area contributed by atoms with Crippen molar-refractivity contribution in [3.63, 3.8) is 0 Å². The number of fused-ring (bicyclic) bond motifs is 1. The minimum atomic E-state index is -0.225. The van der Waals surface area contributed by atoms with E-state index in [0.29, 0.717) is 26.6 Å². The molecular formula is C20H15ClN2O3S2. The van der Waals surface area contributed by atoms with Crippen LogP contribution in [-0.2, 0) is 6.54 Å². The zero-order chi connectivity index (χ0) is 19.8. The molecule has 1 aromatic carbocycles. The molecule has 5 nitrogen and oxygen atoms in total. The number of hydrogen-bond acceptors (Lipinski definition) is 6. The lowest BCUT2D eigenvalue weighted by Gasteiger charge is -2.07. The fourth-order valence-corrected chi connectivity index (χ4v) is 5.05. The minimum absolute atomic E-state index is 0.108. The lowest BCUT2D eigenvalue weighted by Crippen LogP contribution is -2.24. The van der Waals surface area contributed by atoms with E-state index in [1.54, 1.807) is 29.5 Å². The molecule has 0 aliphatic heterocycles. The number of halogens is 1. The molecule has 0 atom stereocenters. The molecule has 0 aliphatic carbocycles. The topological polar surface area (TPSA) is 61.2 Å². The number of methoxy groups -OCH3 is 1. The fourth-order valence-electron chi connectivity index (χ4n) is 2.93. The average molecular weight is 431 g/mol. The van der Waals surface area contributed by atoms with E-state index in [1.165, 1.54) is 34.2 Å². The van der Waals surface area contributed by atoms with Crippen molar-refractivity contribution in [2.75, 3.05) is 7.11 Å². The summed E-state index contributed by atoms with van der Waals surface area (Å²) in [4.78, 5) is 33.0. The van der Waals surface area contributed by atoms with Crippen LogP contribution >= 0.6 is 34.3 Å². The van der Waals surface area contributed by atoms with Crippen molar-refractivity contribution in [2.45, 2.75) is 13.5 Å². The van der Waals surface area contributed by atoms with Crippen LogP contribution in [0.25, 0.3) is 20.7 Å². The number of thiophene rings is 2. The van der Waals surface area contributed by atoms with Gasteiger partial charge in [0.15, 0.2) is 5.78 Å². The summed E-state index contributed by atoms with van der Waals surface area (Å²) in [7, 11) is 1.51. The molecule has 0 N–H and O–H groups in total. The summed E-state index contributed by atoms with van der Waals surface area (Å²) >= 11 is 9.16. The van der Waals surface area contributed by atoms with Crippen LogP contribution in [0.15, 0.2) is 46.8 Å². The van der Waals surface area contributed by atoms with Gasteiger partial charge >= 0.3 is 0 Å². The second kappa shape index (κ2) is 7.50. The van der Waals surface area contributed by atoms with Gasteiger partial charge in [0.1, 0.15) is 10.6 Å². The van der Waals surface area contributed by atoms with Crippen LogP contribution in [0, 0.1) is 6.92 Å². The summed E-state index contributed by atoms with van der Waals surface area (Å²) in [5, 5.41) is 2.84. The Labute approximate surface area is 173 Å². The van der Waals surface area contributed by atoms with E-state index in [0.717, 1.165) is 10.4 Å². The Morgan fingerprint density at radius 2 is 2.11 bits per heavy atom. The molecule has 142 valence electrons. The Kier molecular flexibility index (Phi) is 5.05. The number of hydrogen-bond donors (Lipinski definition) is 0. The molecule has 8 heteroatoms. The summed E-state index contributed by atoms with van der Waals surface area (Å²) in [6.07, 6.45) is 1.42. The van der Waals surface area contributed by atoms with Gasteiger partial charge in [-0.05, 0) is 37.3 Å². The van der Waals surface area contributed by atoms with Gasteiger partial charge in [-0.1, -0.05) is 11.6 Å². The molecule has 0 saturated carbocycles. The van der Waals surface area contributed by atoms with Gasteiger partial charge in [-0.2, -0.15) is 0 Å². The van der Waals surface area contributed by atoms with Crippen LogP contribution in [0.4, 0.5) is 0 Å². The highest BCUT2D eigenvalue weighted by Gasteiger charge is 2.17. The number of Topliss-reactive ketones (excluding diaryl/α,β-unsaturated/α-hetero) is 1. The first kappa shape index (κ1) is 18.9. The number of carbonyl (C=O) groups is 1. The molecule has 3 heterocycles. The van der Waals surface area contributed by atoms with Gasteiger partial charge in [0.05, 0.1) is 30.4 Å². The van der Waals surface area contributed by atoms with E-state index >= 15 is 0 Å². The van der Waals surface area contributed by atoms with Crippen molar-refractivity contribution >= 4 is 50.3 Å². The van der Waals surface area contributed by atoms with E-state index in [1.807, 2.05) is 24.4 Å². The van der Waals surface area contributed by atoms with Crippen LogP contribution in [0.5, 0.6) is 5.75 Å². The summed E-state index contributed by atoms with van der Waals surface area (Å²) in [5.74, 6) is 0.268. The lowest BCUT2D eigenvalue weighted by atomic mass is 10.1. The van der Waals surface area contributed by atoms with Gasteiger partial charge in [-0.15, -0.1) is 22.7 Å². The number of nitrogens with zero attached hydrogens (tertiary/aromatic N) is 2. The Hall–Kier alpha value is -2.48. The van der Waals surface area contributed by atoms with E-state index < -0.39 is 0 Å². The highest BCUT2D eigenvalue weighted by molar-refractivity contribution is 7.19. The Morgan fingerprint density at radius 3 is 2.79 bits per heavy atom. The first-order valence-corrected chi connectivity index (χ1v) is 10.5. The Bertz CT molecular complexity index is 1260. The zero-order valence-corrected chi connectivity index (χ0v) is 17.5. The van der Waals surface area contributed by atoms with Crippen molar-refractivity contribution in [1.29, 1.82) is 0 Å². The van der Waals surface area contributed by atoms with Gasteiger partial charge in [0.2, 0.25) is 0 Å². The monoisotopic (exact) mass is 430 g/mol. The molecule has 4 rings (SSSR count). The van der Waals surface area contributed by atoms with Gasteiger partial charge in [0.25, 0.3) is 5.56 Å². The third-order valence-electron chi connectivity index (χ3n) is 4.35. The van der Waals surface area contributed by atoms with Gasteiger partial charge in [-0.3, -0.25) is 14.2 Å².